The number of hydrogen-bond donors (Lipinski definition) is 1. The van der Waals surface area contributed by atoms with E-state index in [-0.39, 0.29) is 18.4 Å². The maximum Gasteiger partial charge on any atom is 0.260 e. The predicted molar refractivity (Wildman–Crippen MR) is 112 cm³/mol. The van der Waals surface area contributed by atoms with Crippen LogP contribution in [0, 0.1) is 18.8 Å². The summed E-state index contributed by atoms with van der Waals surface area (Å²) >= 11 is 0. The number of fused-ring (bicyclic) bond motifs is 4. The standard InChI is InChI=1S/C23H33N3O3/c1-16-6-8-20(9-7-16)29-15-23(28)25-13-18-11-19(14-25)22(12-24-17(2)27)26-10-4-3-5-21(18)26/h6-9,18-19,21-22H,3-5,10-15H2,1-2H3,(H,24,27)/t18-,19+,21+,22+/m1/s1. The molecule has 6 heteroatoms. The number of piperidine rings is 3. The Bertz CT molecular complexity index is 735. The molecule has 3 aliphatic heterocycles. The second kappa shape index (κ2) is 8.74. The van der Waals surface area contributed by atoms with Crippen molar-refractivity contribution in [2.24, 2.45) is 11.8 Å². The first-order valence-corrected chi connectivity index (χ1v) is 11.0. The molecule has 1 aromatic carbocycles. The molecule has 2 amide bonds. The Morgan fingerprint density at radius 2 is 1.90 bits per heavy atom. The molecule has 158 valence electrons. The van der Waals surface area contributed by atoms with Gasteiger partial charge in [-0.15, -0.1) is 0 Å². The summed E-state index contributed by atoms with van der Waals surface area (Å²) < 4.78 is 5.75. The third-order valence-electron chi connectivity index (χ3n) is 6.92. The lowest BCUT2D eigenvalue weighted by Gasteiger charge is -2.56. The van der Waals surface area contributed by atoms with Crippen molar-refractivity contribution < 1.29 is 14.3 Å². The highest BCUT2D eigenvalue weighted by atomic mass is 16.5. The minimum absolute atomic E-state index is 0.0240. The van der Waals surface area contributed by atoms with Gasteiger partial charge in [0.05, 0.1) is 0 Å². The van der Waals surface area contributed by atoms with Gasteiger partial charge in [0.2, 0.25) is 5.91 Å². The molecule has 3 saturated heterocycles. The van der Waals surface area contributed by atoms with E-state index < -0.39 is 0 Å². The van der Waals surface area contributed by atoms with Crippen LogP contribution in [0.1, 0.15) is 38.2 Å². The zero-order valence-corrected chi connectivity index (χ0v) is 17.6. The second-order valence-corrected chi connectivity index (χ2v) is 8.96. The second-order valence-electron chi connectivity index (χ2n) is 8.96. The molecule has 1 aromatic rings. The van der Waals surface area contributed by atoms with Crippen molar-refractivity contribution in [3.8, 4) is 5.75 Å². The molecule has 1 N–H and O–H groups in total. The molecule has 0 unspecified atom stereocenters. The highest BCUT2D eigenvalue weighted by molar-refractivity contribution is 5.78. The van der Waals surface area contributed by atoms with E-state index in [9.17, 15) is 9.59 Å². The highest BCUT2D eigenvalue weighted by Crippen LogP contribution is 2.41. The van der Waals surface area contributed by atoms with E-state index in [0.717, 1.165) is 31.8 Å². The molecule has 0 saturated carbocycles. The van der Waals surface area contributed by atoms with Crippen molar-refractivity contribution in [2.75, 3.05) is 32.8 Å². The quantitative estimate of drug-likeness (QED) is 0.825. The molecule has 3 heterocycles. The van der Waals surface area contributed by atoms with Gasteiger partial charge in [-0.25, -0.2) is 0 Å². The van der Waals surface area contributed by atoms with Crippen molar-refractivity contribution in [3.05, 3.63) is 29.8 Å². The van der Waals surface area contributed by atoms with Crippen LogP contribution < -0.4 is 10.1 Å². The third kappa shape index (κ3) is 4.58. The Balaban J connectivity index is 1.42. The zero-order chi connectivity index (χ0) is 20.4. The number of carbonyl (C=O) groups is 2. The van der Waals surface area contributed by atoms with Gasteiger partial charge in [-0.1, -0.05) is 24.1 Å². The van der Waals surface area contributed by atoms with Gasteiger partial charge in [0.1, 0.15) is 5.75 Å². The summed E-state index contributed by atoms with van der Waals surface area (Å²) in [6.45, 7) is 7.11. The molecular formula is C23H33N3O3. The Labute approximate surface area is 173 Å². The number of rotatable bonds is 5. The van der Waals surface area contributed by atoms with Crippen molar-refractivity contribution in [2.45, 2.75) is 51.6 Å². The molecule has 0 spiro atoms. The smallest absolute Gasteiger partial charge is 0.260 e. The number of amides is 2. The van der Waals surface area contributed by atoms with Gasteiger partial charge in [0, 0.05) is 38.6 Å². The van der Waals surface area contributed by atoms with E-state index in [0.29, 0.717) is 30.5 Å². The molecule has 6 nitrogen and oxygen atoms in total. The van der Waals surface area contributed by atoms with E-state index in [1.165, 1.54) is 24.8 Å². The summed E-state index contributed by atoms with van der Waals surface area (Å²) in [5.74, 6) is 1.78. The minimum atomic E-state index is 0.0240. The Hall–Kier alpha value is -2.08. The Kier molecular flexibility index (Phi) is 6.09. The van der Waals surface area contributed by atoms with Crippen LogP contribution in [0.4, 0.5) is 0 Å². The minimum Gasteiger partial charge on any atom is -0.484 e. The Morgan fingerprint density at radius 3 is 2.66 bits per heavy atom. The van der Waals surface area contributed by atoms with E-state index in [1.807, 2.05) is 36.1 Å². The zero-order valence-electron chi connectivity index (χ0n) is 17.6. The van der Waals surface area contributed by atoms with Gasteiger partial charge >= 0.3 is 0 Å². The van der Waals surface area contributed by atoms with Gasteiger partial charge in [0.15, 0.2) is 6.61 Å². The molecule has 29 heavy (non-hydrogen) atoms. The fourth-order valence-corrected chi connectivity index (χ4v) is 5.51. The van der Waals surface area contributed by atoms with Crippen LogP contribution in [0.3, 0.4) is 0 Å². The maximum atomic E-state index is 12.9. The van der Waals surface area contributed by atoms with E-state index in [2.05, 4.69) is 10.2 Å². The number of hydrogen-bond acceptors (Lipinski definition) is 4. The first kappa shape index (κ1) is 20.2. The summed E-state index contributed by atoms with van der Waals surface area (Å²) in [5, 5.41) is 3.04. The van der Waals surface area contributed by atoms with Crippen LogP contribution in [0.5, 0.6) is 5.75 Å². The van der Waals surface area contributed by atoms with E-state index in [1.54, 1.807) is 6.92 Å². The number of carbonyl (C=O) groups excluding carboxylic acids is 2. The summed E-state index contributed by atoms with van der Waals surface area (Å²) in [6.07, 6.45) is 4.86. The number of ether oxygens (including phenoxy) is 1. The van der Waals surface area contributed by atoms with Crippen LogP contribution in [0.2, 0.25) is 0 Å². The molecule has 3 aliphatic rings. The van der Waals surface area contributed by atoms with Crippen LogP contribution in [-0.4, -0.2) is 66.5 Å². The first-order valence-electron chi connectivity index (χ1n) is 11.0. The monoisotopic (exact) mass is 399 g/mol. The number of aryl methyl sites for hydroxylation is 1. The Morgan fingerprint density at radius 1 is 1.14 bits per heavy atom. The average molecular weight is 400 g/mol. The topological polar surface area (TPSA) is 61.9 Å². The van der Waals surface area contributed by atoms with Crippen molar-refractivity contribution in [1.29, 1.82) is 0 Å². The average Bonchev–Trinajstić information content (AvgIpc) is 2.72. The number of likely N-dealkylation sites (tertiary alicyclic amines) is 1. The van der Waals surface area contributed by atoms with Crippen LogP contribution in [0.25, 0.3) is 0 Å². The molecule has 0 radical (unpaired) electrons. The molecule has 0 aliphatic carbocycles. The van der Waals surface area contributed by atoms with Crippen molar-refractivity contribution in [3.63, 3.8) is 0 Å². The highest BCUT2D eigenvalue weighted by Gasteiger charge is 2.47. The maximum absolute atomic E-state index is 12.9. The van der Waals surface area contributed by atoms with E-state index >= 15 is 0 Å². The van der Waals surface area contributed by atoms with Gasteiger partial charge in [-0.05, 0) is 56.7 Å². The number of nitrogens with one attached hydrogen (secondary N) is 1. The van der Waals surface area contributed by atoms with Gasteiger partial charge in [0.25, 0.3) is 5.91 Å². The molecule has 3 fully saturated rings. The lowest BCUT2D eigenvalue weighted by Crippen LogP contribution is -2.66. The summed E-state index contributed by atoms with van der Waals surface area (Å²) in [7, 11) is 0. The molecule has 4 atom stereocenters. The fourth-order valence-electron chi connectivity index (χ4n) is 5.51. The number of nitrogens with zero attached hydrogens (tertiary/aromatic N) is 2. The SMILES string of the molecule is CC(=O)NC[C@H]1[C@H]2C[C@H](CN(C(=O)COc3ccc(C)cc3)C2)[C@@H]2CCCCN21. The summed E-state index contributed by atoms with van der Waals surface area (Å²) in [6, 6.07) is 8.68. The molecule has 4 rings (SSSR count). The summed E-state index contributed by atoms with van der Waals surface area (Å²) in [5.41, 5.74) is 1.18. The lowest BCUT2D eigenvalue weighted by molar-refractivity contribution is -0.143. The van der Waals surface area contributed by atoms with Crippen molar-refractivity contribution >= 4 is 11.8 Å². The number of benzene rings is 1. The van der Waals surface area contributed by atoms with Crippen LogP contribution in [0.15, 0.2) is 24.3 Å². The van der Waals surface area contributed by atoms with Crippen LogP contribution >= 0.6 is 0 Å². The molecule has 0 aromatic heterocycles. The van der Waals surface area contributed by atoms with Crippen LogP contribution in [-0.2, 0) is 9.59 Å². The normalized spacial score (nSPS) is 29.1. The van der Waals surface area contributed by atoms with Gasteiger partial charge in [-0.2, -0.15) is 0 Å². The lowest BCUT2D eigenvalue weighted by atomic mass is 9.72. The summed E-state index contributed by atoms with van der Waals surface area (Å²) in [4.78, 5) is 29.1. The molecule has 2 bridgehead atoms. The largest absolute Gasteiger partial charge is 0.484 e. The van der Waals surface area contributed by atoms with Gasteiger partial charge in [-0.3, -0.25) is 14.5 Å². The fraction of sp³-hybridized carbons (Fsp3) is 0.652. The third-order valence-corrected chi connectivity index (χ3v) is 6.92. The van der Waals surface area contributed by atoms with Crippen molar-refractivity contribution in [1.82, 2.24) is 15.1 Å². The first-order chi connectivity index (χ1) is 14.0. The van der Waals surface area contributed by atoms with E-state index in [4.69, 9.17) is 4.74 Å². The predicted octanol–water partition coefficient (Wildman–Crippen LogP) is 2.21. The van der Waals surface area contributed by atoms with Gasteiger partial charge < -0.3 is 15.0 Å². The molecular weight excluding hydrogens is 366 g/mol.